The summed E-state index contributed by atoms with van der Waals surface area (Å²) in [5, 5.41) is 5.69. The summed E-state index contributed by atoms with van der Waals surface area (Å²) in [5.74, 6) is 0.0633. The van der Waals surface area contributed by atoms with E-state index in [9.17, 15) is 4.79 Å². The van der Waals surface area contributed by atoms with Crippen LogP contribution in [0.2, 0.25) is 5.02 Å². The molecule has 0 atom stereocenters. The summed E-state index contributed by atoms with van der Waals surface area (Å²) >= 11 is 7.91. The van der Waals surface area contributed by atoms with Crippen LogP contribution in [0.15, 0.2) is 24.8 Å². The molecule has 0 unspecified atom stereocenters. The number of benzene rings is 1. The van der Waals surface area contributed by atoms with Gasteiger partial charge < -0.3 is 9.80 Å². The van der Waals surface area contributed by atoms with Crippen molar-refractivity contribution in [2.24, 2.45) is 0 Å². The van der Waals surface area contributed by atoms with Crippen LogP contribution in [0.1, 0.15) is 5.56 Å². The summed E-state index contributed by atoms with van der Waals surface area (Å²) in [5.41, 5.74) is 2.10. The van der Waals surface area contributed by atoms with Gasteiger partial charge in [-0.1, -0.05) is 29.0 Å². The van der Waals surface area contributed by atoms with E-state index in [2.05, 4.69) is 15.0 Å². The van der Waals surface area contributed by atoms with E-state index in [1.54, 1.807) is 22.3 Å². The van der Waals surface area contributed by atoms with Crippen LogP contribution in [-0.4, -0.2) is 56.7 Å². The second-order valence-corrected chi connectivity index (χ2v) is 7.38. The maximum atomic E-state index is 12.3. The first-order valence-corrected chi connectivity index (χ1v) is 9.22. The van der Waals surface area contributed by atoms with E-state index >= 15 is 0 Å². The van der Waals surface area contributed by atoms with Gasteiger partial charge in [0.1, 0.15) is 19.2 Å². The molecule has 1 fully saturated rings. The van der Waals surface area contributed by atoms with Crippen molar-refractivity contribution in [2.45, 2.75) is 13.5 Å². The molecule has 0 radical (unpaired) electrons. The zero-order chi connectivity index (χ0) is 17.4. The Kier molecular flexibility index (Phi) is 4.30. The quantitative estimate of drug-likeness (QED) is 0.701. The predicted molar refractivity (Wildman–Crippen MR) is 98.2 cm³/mol. The largest absolute Gasteiger partial charge is 0.345 e. The fraction of sp³-hybridized carbons (Fsp3) is 0.375. The third-order valence-electron chi connectivity index (χ3n) is 4.35. The molecular formula is C16H17ClN6OS. The van der Waals surface area contributed by atoms with E-state index in [-0.39, 0.29) is 12.5 Å². The average molecular weight is 377 g/mol. The molecule has 0 bridgehead atoms. The number of hydrogen-bond donors (Lipinski definition) is 0. The van der Waals surface area contributed by atoms with Gasteiger partial charge in [0, 0.05) is 26.2 Å². The minimum absolute atomic E-state index is 0.0633. The van der Waals surface area contributed by atoms with E-state index in [1.807, 2.05) is 24.0 Å². The topological polar surface area (TPSA) is 67.2 Å². The third kappa shape index (κ3) is 3.19. The molecule has 2 aromatic heterocycles. The Morgan fingerprint density at radius 3 is 2.76 bits per heavy atom. The molecule has 1 saturated heterocycles. The van der Waals surface area contributed by atoms with Crippen molar-refractivity contribution in [3.05, 3.63) is 35.4 Å². The molecule has 3 aromatic rings. The van der Waals surface area contributed by atoms with Crippen molar-refractivity contribution >= 4 is 44.2 Å². The fourth-order valence-electron chi connectivity index (χ4n) is 2.93. The van der Waals surface area contributed by atoms with E-state index in [0.29, 0.717) is 13.1 Å². The maximum Gasteiger partial charge on any atom is 0.244 e. The molecule has 0 N–H and O–H groups in total. The number of aromatic nitrogens is 4. The summed E-state index contributed by atoms with van der Waals surface area (Å²) in [6.07, 6.45) is 2.99. The summed E-state index contributed by atoms with van der Waals surface area (Å²) in [4.78, 5) is 25.0. The number of thiazole rings is 1. The lowest BCUT2D eigenvalue weighted by Crippen LogP contribution is -2.49. The standard InChI is InChI=1S/C16H17ClN6OS/c1-11-2-3-12(17)15-14(11)20-16(25-15)22-6-4-21(5-7-22)13(24)8-23-10-18-9-19-23/h2-3,9-10H,4-8H2,1H3. The third-order valence-corrected chi connectivity index (χ3v) is 5.93. The van der Waals surface area contributed by atoms with Crippen LogP contribution in [0.5, 0.6) is 0 Å². The molecule has 4 rings (SSSR count). The van der Waals surface area contributed by atoms with Gasteiger partial charge in [0.2, 0.25) is 5.91 Å². The highest BCUT2D eigenvalue weighted by atomic mass is 35.5. The Morgan fingerprint density at radius 1 is 1.28 bits per heavy atom. The van der Waals surface area contributed by atoms with Crippen LogP contribution in [0.4, 0.5) is 5.13 Å². The molecule has 7 nitrogen and oxygen atoms in total. The van der Waals surface area contributed by atoms with E-state index in [4.69, 9.17) is 16.6 Å². The van der Waals surface area contributed by atoms with E-state index in [1.165, 1.54) is 6.33 Å². The molecule has 25 heavy (non-hydrogen) atoms. The summed E-state index contributed by atoms with van der Waals surface area (Å²) in [7, 11) is 0. The molecule has 1 aliphatic heterocycles. The Bertz CT molecular complexity index is 862. The number of amides is 1. The summed E-state index contributed by atoms with van der Waals surface area (Å²) in [6, 6.07) is 3.91. The molecular weight excluding hydrogens is 360 g/mol. The smallest absolute Gasteiger partial charge is 0.244 e. The van der Waals surface area contributed by atoms with Crippen LogP contribution in [-0.2, 0) is 11.3 Å². The molecule has 1 aliphatic rings. The second-order valence-electron chi connectivity index (χ2n) is 6.00. The summed E-state index contributed by atoms with van der Waals surface area (Å²) < 4.78 is 2.58. The Labute approximate surface area is 153 Å². The molecule has 1 aromatic carbocycles. The summed E-state index contributed by atoms with van der Waals surface area (Å²) in [6.45, 7) is 5.16. The van der Waals surface area contributed by atoms with Crippen LogP contribution < -0.4 is 4.90 Å². The Hall–Kier alpha value is -2.19. The van der Waals surface area contributed by atoms with Gasteiger partial charge in [-0.3, -0.25) is 4.79 Å². The maximum absolute atomic E-state index is 12.3. The predicted octanol–water partition coefficient (Wildman–Crippen LogP) is 2.20. The Balaban J connectivity index is 1.44. The van der Waals surface area contributed by atoms with Gasteiger partial charge in [-0.05, 0) is 18.6 Å². The van der Waals surface area contributed by atoms with Crippen LogP contribution in [0, 0.1) is 6.92 Å². The van der Waals surface area contributed by atoms with Crippen LogP contribution >= 0.6 is 22.9 Å². The molecule has 3 heterocycles. The van der Waals surface area contributed by atoms with Gasteiger partial charge in [-0.25, -0.2) is 14.6 Å². The first-order valence-electron chi connectivity index (χ1n) is 8.02. The molecule has 0 aliphatic carbocycles. The number of hydrogen-bond acceptors (Lipinski definition) is 6. The van der Waals surface area contributed by atoms with Gasteiger partial charge in [0.15, 0.2) is 5.13 Å². The molecule has 1 amide bonds. The number of fused-ring (bicyclic) bond motifs is 1. The lowest BCUT2D eigenvalue weighted by atomic mass is 10.2. The van der Waals surface area contributed by atoms with Gasteiger partial charge in [0.25, 0.3) is 0 Å². The second kappa shape index (κ2) is 6.61. The number of halogens is 1. The first-order chi connectivity index (χ1) is 12.1. The monoisotopic (exact) mass is 376 g/mol. The highest BCUT2D eigenvalue weighted by Crippen LogP contribution is 2.35. The first kappa shape index (κ1) is 16.3. The zero-order valence-electron chi connectivity index (χ0n) is 13.7. The van der Waals surface area contributed by atoms with Crippen molar-refractivity contribution in [2.75, 3.05) is 31.1 Å². The average Bonchev–Trinajstić information content (AvgIpc) is 3.28. The number of carbonyl (C=O) groups excluding carboxylic acids is 1. The number of carbonyl (C=O) groups is 1. The minimum atomic E-state index is 0.0633. The van der Waals surface area contributed by atoms with Gasteiger partial charge in [0.05, 0.1) is 15.2 Å². The Morgan fingerprint density at radius 2 is 2.08 bits per heavy atom. The fourth-order valence-corrected chi connectivity index (χ4v) is 4.29. The van der Waals surface area contributed by atoms with E-state index in [0.717, 1.165) is 39.0 Å². The molecule has 0 saturated carbocycles. The van der Waals surface area contributed by atoms with Crippen molar-refractivity contribution in [1.82, 2.24) is 24.6 Å². The lowest BCUT2D eigenvalue weighted by Gasteiger charge is -2.34. The SMILES string of the molecule is Cc1ccc(Cl)c2sc(N3CCN(C(=O)Cn4cncn4)CC3)nc12. The van der Waals surface area contributed by atoms with Crippen molar-refractivity contribution < 1.29 is 4.79 Å². The highest BCUT2D eigenvalue weighted by molar-refractivity contribution is 7.22. The van der Waals surface area contributed by atoms with Crippen molar-refractivity contribution in [3.63, 3.8) is 0 Å². The normalized spacial score (nSPS) is 15.1. The number of nitrogens with zero attached hydrogens (tertiary/aromatic N) is 6. The van der Waals surface area contributed by atoms with Gasteiger partial charge in [-0.2, -0.15) is 5.10 Å². The van der Waals surface area contributed by atoms with Gasteiger partial charge in [-0.15, -0.1) is 0 Å². The number of piperazine rings is 1. The molecule has 9 heteroatoms. The highest BCUT2D eigenvalue weighted by Gasteiger charge is 2.24. The van der Waals surface area contributed by atoms with Crippen LogP contribution in [0.3, 0.4) is 0 Å². The van der Waals surface area contributed by atoms with E-state index < -0.39 is 0 Å². The number of aryl methyl sites for hydroxylation is 1. The number of rotatable bonds is 3. The van der Waals surface area contributed by atoms with Crippen molar-refractivity contribution in [3.8, 4) is 0 Å². The molecule has 0 spiro atoms. The number of anilines is 1. The lowest BCUT2D eigenvalue weighted by molar-refractivity contribution is -0.132. The zero-order valence-corrected chi connectivity index (χ0v) is 15.3. The molecule has 130 valence electrons. The van der Waals surface area contributed by atoms with Crippen molar-refractivity contribution in [1.29, 1.82) is 0 Å². The van der Waals surface area contributed by atoms with Crippen LogP contribution in [0.25, 0.3) is 10.2 Å². The minimum Gasteiger partial charge on any atom is -0.345 e. The van der Waals surface area contributed by atoms with Gasteiger partial charge >= 0.3 is 0 Å².